The highest BCUT2D eigenvalue weighted by Crippen LogP contribution is 2.21. The summed E-state index contributed by atoms with van der Waals surface area (Å²) in [6, 6.07) is 2.72. The van der Waals surface area contributed by atoms with Crippen LogP contribution in [0.1, 0.15) is 25.3 Å². The van der Waals surface area contributed by atoms with Crippen LogP contribution in [0.3, 0.4) is 0 Å². The molecular weight excluding hydrogens is 184 g/mol. The predicted octanol–water partition coefficient (Wildman–Crippen LogP) is 3.49. The van der Waals surface area contributed by atoms with Crippen molar-refractivity contribution in [1.82, 2.24) is 0 Å². The third-order valence-corrected chi connectivity index (χ3v) is 2.12. The lowest BCUT2D eigenvalue weighted by Gasteiger charge is -2.09. The molecule has 1 N–H and O–H groups in total. The predicted molar refractivity (Wildman–Crippen MR) is 54.5 cm³/mol. The third-order valence-electron chi connectivity index (χ3n) is 2.12. The number of hydrogen-bond acceptors (Lipinski definition) is 1. The van der Waals surface area contributed by atoms with Gasteiger partial charge in [-0.15, -0.1) is 0 Å². The summed E-state index contributed by atoms with van der Waals surface area (Å²) >= 11 is 0. The maximum Gasteiger partial charge on any atom is 0.152 e. The monoisotopic (exact) mass is 199 g/mol. The van der Waals surface area contributed by atoms with Gasteiger partial charge in [-0.25, -0.2) is 8.78 Å². The van der Waals surface area contributed by atoms with Gasteiger partial charge >= 0.3 is 0 Å². The van der Waals surface area contributed by atoms with Crippen molar-refractivity contribution in [1.29, 1.82) is 0 Å². The topological polar surface area (TPSA) is 12.0 Å². The Balaban J connectivity index is 2.79. The zero-order valence-electron chi connectivity index (χ0n) is 8.53. The fourth-order valence-corrected chi connectivity index (χ4v) is 1.21. The van der Waals surface area contributed by atoms with Crippen LogP contribution in [0.5, 0.6) is 0 Å². The highest BCUT2D eigenvalue weighted by Gasteiger charge is 2.09. The smallest absolute Gasteiger partial charge is 0.152 e. The van der Waals surface area contributed by atoms with Crippen molar-refractivity contribution in [2.45, 2.75) is 26.7 Å². The van der Waals surface area contributed by atoms with Gasteiger partial charge in [0.2, 0.25) is 0 Å². The minimum absolute atomic E-state index is 0.00144. The maximum absolute atomic E-state index is 13.4. The Bertz CT molecular complexity index is 310. The summed E-state index contributed by atoms with van der Waals surface area (Å²) in [7, 11) is 0. The van der Waals surface area contributed by atoms with Gasteiger partial charge in [-0.2, -0.15) is 0 Å². The molecule has 0 radical (unpaired) electrons. The van der Waals surface area contributed by atoms with E-state index in [0.717, 1.165) is 12.8 Å². The lowest BCUT2D eigenvalue weighted by molar-refractivity contribution is 0.581. The molecule has 1 aromatic carbocycles. The van der Waals surface area contributed by atoms with Crippen molar-refractivity contribution in [3.05, 3.63) is 29.3 Å². The van der Waals surface area contributed by atoms with E-state index in [9.17, 15) is 8.78 Å². The highest BCUT2D eigenvalue weighted by atomic mass is 19.1. The standard InChI is InChI=1S/C11H15F2N/c1-3-4-7-14-11-9(12)6-5-8(2)10(11)13/h5-6,14H,3-4,7H2,1-2H3. The molecule has 3 heteroatoms. The van der Waals surface area contributed by atoms with E-state index in [-0.39, 0.29) is 5.69 Å². The Morgan fingerprint density at radius 1 is 1.29 bits per heavy atom. The van der Waals surface area contributed by atoms with Crippen LogP contribution < -0.4 is 5.32 Å². The molecule has 0 aliphatic carbocycles. The number of anilines is 1. The third kappa shape index (κ3) is 2.44. The number of nitrogens with one attached hydrogen (secondary N) is 1. The van der Waals surface area contributed by atoms with Crippen molar-refractivity contribution >= 4 is 5.69 Å². The summed E-state index contributed by atoms with van der Waals surface area (Å²) in [6.07, 6.45) is 1.91. The average Bonchev–Trinajstić information content (AvgIpc) is 2.18. The molecule has 0 unspecified atom stereocenters. The van der Waals surface area contributed by atoms with Crippen LogP contribution in [0.25, 0.3) is 0 Å². The first kappa shape index (κ1) is 11.0. The molecule has 0 fully saturated rings. The summed E-state index contributed by atoms with van der Waals surface area (Å²) in [6.45, 7) is 4.26. The van der Waals surface area contributed by atoms with Gasteiger partial charge in [0.1, 0.15) is 11.5 Å². The quantitative estimate of drug-likeness (QED) is 0.732. The minimum Gasteiger partial charge on any atom is -0.380 e. The SMILES string of the molecule is CCCCNc1c(F)ccc(C)c1F. The van der Waals surface area contributed by atoms with E-state index in [4.69, 9.17) is 0 Å². The van der Waals surface area contributed by atoms with Crippen LogP contribution in [0, 0.1) is 18.6 Å². The van der Waals surface area contributed by atoms with Crippen LogP contribution in [0.4, 0.5) is 14.5 Å². The van der Waals surface area contributed by atoms with Gasteiger partial charge in [0.15, 0.2) is 5.82 Å². The van der Waals surface area contributed by atoms with E-state index >= 15 is 0 Å². The Morgan fingerprint density at radius 3 is 2.64 bits per heavy atom. The molecule has 0 saturated heterocycles. The summed E-state index contributed by atoms with van der Waals surface area (Å²) in [5, 5.41) is 2.77. The average molecular weight is 199 g/mol. The van der Waals surface area contributed by atoms with Gasteiger partial charge < -0.3 is 5.32 Å². The molecule has 0 aromatic heterocycles. The van der Waals surface area contributed by atoms with E-state index < -0.39 is 11.6 Å². The van der Waals surface area contributed by atoms with Gasteiger partial charge in [0.05, 0.1) is 0 Å². The number of halogens is 2. The van der Waals surface area contributed by atoms with Crippen molar-refractivity contribution in [3.63, 3.8) is 0 Å². The molecule has 0 amide bonds. The number of hydrogen-bond donors (Lipinski definition) is 1. The number of aryl methyl sites for hydroxylation is 1. The summed E-state index contributed by atoms with van der Waals surface area (Å²) < 4.78 is 26.5. The summed E-state index contributed by atoms with van der Waals surface area (Å²) in [4.78, 5) is 0. The molecule has 1 rings (SSSR count). The molecule has 0 aliphatic rings. The van der Waals surface area contributed by atoms with Crippen molar-refractivity contribution in [2.24, 2.45) is 0 Å². The van der Waals surface area contributed by atoms with Gasteiger partial charge in [-0.05, 0) is 25.0 Å². The summed E-state index contributed by atoms with van der Waals surface area (Å²) in [5.74, 6) is -1.01. The Hall–Kier alpha value is -1.12. The lowest BCUT2D eigenvalue weighted by atomic mass is 10.2. The first-order valence-electron chi connectivity index (χ1n) is 4.85. The fraction of sp³-hybridized carbons (Fsp3) is 0.455. The molecule has 78 valence electrons. The van der Waals surface area contributed by atoms with Crippen LogP contribution >= 0.6 is 0 Å². The summed E-state index contributed by atoms with van der Waals surface area (Å²) in [5.41, 5.74) is 0.462. The van der Waals surface area contributed by atoms with Crippen LogP contribution in [0.2, 0.25) is 0 Å². The van der Waals surface area contributed by atoms with Crippen LogP contribution in [-0.2, 0) is 0 Å². The molecule has 0 aliphatic heterocycles. The van der Waals surface area contributed by atoms with E-state index in [0.29, 0.717) is 12.1 Å². The molecule has 14 heavy (non-hydrogen) atoms. The fourth-order valence-electron chi connectivity index (χ4n) is 1.21. The Kier molecular flexibility index (Phi) is 3.86. The van der Waals surface area contributed by atoms with Crippen molar-refractivity contribution < 1.29 is 8.78 Å². The van der Waals surface area contributed by atoms with E-state index in [1.54, 1.807) is 6.92 Å². The highest BCUT2D eigenvalue weighted by molar-refractivity contribution is 5.48. The van der Waals surface area contributed by atoms with E-state index in [1.165, 1.54) is 12.1 Å². The zero-order chi connectivity index (χ0) is 10.6. The number of unbranched alkanes of at least 4 members (excludes halogenated alkanes) is 1. The van der Waals surface area contributed by atoms with E-state index in [1.807, 2.05) is 6.92 Å². The van der Waals surface area contributed by atoms with Crippen molar-refractivity contribution in [2.75, 3.05) is 11.9 Å². The van der Waals surface area contributed by atoms with Crippen LogP contribution in [0.15, 0.2) is 12.1 Å². The minimum atomic E-state index is -0.524. The zero-order valence-corrected chi connectivity index (χ0v) is 8.53. The van der Waals surface area contributed by atoms with E-state index in [2.05, 4.69) is 5.32 Å². The molecule has 1 aromatic rings. The van der Waals surface area contributed by atoms with Gasteiger partial charge in [0.25, 0.3) is 0 Å². The molecule has 0 atom stereocenters. The second-order valence-electron chi connectivity index (χ2n) is 3.33. The van der Waals surface area contributed by atoms with Crippen molar-refractivity contribution in [3.8, 4) is 0 Å². The normalized spacial score (nSPS) is 10.3. The number of rotatable bonds is 4. The van der Waals surface area contributed by atoms with Gasteiger partial charge in [-0.1, -0.05) is 19.4 Å². The maximum atomic E-state index is 13.4. The van der Waals surface area contributed by atoms with Gasteiger partial charge in [0, 0.05) is 6.54 Å². The molecule has 0 heterocycles. The Labute approximate surface area is 83.1 Å². The largest absolute Gasteiger partial charge is 0.380 e. The first-order chi connectivity index (χ1) is 6.66. The molecule has 1 nitrogen and oxygen atoms in total. The second kappa shape index (κ2) is 4.94. The molecule has 0 saturated carbocycles. The molecular formula is C11H15F2N. The molecule has 0 spiro atoms. The first-order valence-corrected chi connectivity index (χ1v) is 4.85. The van der Waals surface area contributed by atoms with Crippen LogP contribution in [-0.4, -0.2) is 6.54 Å². The Morgan fingerprint density at radius 2 is 2.00 bits per heavy atom. The molecule has 0 bridgehead atoms. The number of benzene rings is 1. The second-order valence-corrected chi connectivity index (χ2v) is 3.33. The lowest BCUT2D eigenvalue weighted by Crippen LogP contribution is -2.06. The van der Waals surface area contributed by atoms with Gasteiger partial charge in [-0.3, -0.25) is 0 Å².